The van der Waals surface area contributed by atoms with Crippen LogP contribution in [0.5, 0.6) is 0 Å². The number of carbonyl (C=O) groups excluding carboxylic acids is 1. The molecule has 0 bridgehead atoms. The first-order valence-corrected chi connectivity index (χ1v) is 6.81. The van der Waals surface area contributed by atoms with Crippen LogP contribution in [0.2, 0.25) is 0 Å². The number of ether oxygens (including phenoxy) is 1. The highest BCUT2D eigenvalue weighted by Gasteiger charge is 2.32. The third-order valence-corrected chi connectivity index (χ3v) is 2.98. The third-order valence-electron chi connectivity index (χ3n) is 2.98. The maximum absolute atomic E-state index is 12.4. The molecule has 0 amide bonds. The second-order valence-electron chi connectivity index (χ2n) is 5.92. The van der Waals surface area contributed by atoms with Crippen LogP contribution >= 0.6 is 0 Å². The molecule has 0 spiro atoms. The molecule has 21 heavy (non-hydrogen) atoms. The molecule has 1 heterocycles. The summed E-state index contributed by atoms with van der Waals surface area (Å²) < 4.78 is 5.45. The van der Waals surface area contributed by atoms with E-state index in [2.05, 4.69) is 10.3 Å². The number of esters is 1. The van der Waals surface area contributed by atoms with Gasteiger partial charge in [0, 0.05) is 0 Å². The summed E-state index contributed by atoms with van der Waals surface area (Å²) in [5.41, 5.74) is 1.14. The minimum absolute atomic E-state index is 0.200. The van der Waals surface area contributed by atoms with Gasteiger partial charge in [0.05, 0.1) is 17.3 Å². The van der Waals surface area contributed by atoms with Gasteiger partial charge in [0.15, 0.2) is 0 Å². The predicted molar refractivity (Wildman–Crippen MR) is 80.9 cm³/mol. The summed E-state index contributed by atoms with van der Waals surface area (Å²) in [7, 11) is 0. The van der Waals surface area contributed by atoms with Crippen molar-refractivity contribution < 1.29 is 14.6 Å². The Morgan fingerprint density at radius 1 is 1.29 bits per heavy atom. The Hall–Kier alpha value is -2.30. The van der Waals surface area contributed by atoms with Gasteiger partial charge < -0.3 is 15.2 Å². The molecule has 0 aliphatic carbocycles. The van der Waals surface area contributed by atoms with Gasteiger partial charge in [0.1, 0.15) is 5.60 Å². The SMILES string of the molecule is CC1=C(C(=O)OC(C)(C)C)C(c2ccccc2)NC(O)=N1. The van der Waals surface area contributed by atoms with Crippen molar-refractivity contribution in [3.63, 3.8) is 0 Å². The highest BCUT2D eigenvalue weighted by atomic mass is 16.6. The molecule has 5 nitrogen and oxygen atoms in total. The maximum Gasteiger partial charge on any atom is 0.338 e. The Morgan fingerprint density at radius 2 is 1.90 bits per heavy atom. The number of amidine groups is 1. The number of carbonyl (C=O) groups is 1. The molecule has 0 saturated carbocycles. The van der Waals surface area contributed by atoms with Crippen LogP contribution in [0, 0.1) is 0 Å². The standard InChI is InChI=1S/C16H20N2O3/c1-10-12(14(19)21-16(2,3)4)13(18-15(20)17-10)11-8-6-5-7-9-11/h5-9,13H,1-4H3,(H2,17,18,20). The smallest absolute Gasteiger partial charge is 0.338 e. The summed E-state index contributed by atoms with van der Waals surface area (Å²) in [6, 6.07) is 8.74. The van der Waals surface area contributed by atoms with Gasteiger partial charge in [-0.05, 0) is 33.3 Å². The van der Waals surface area contributed by atoms with Crippen molar-refractivity contribution in [2.45, 2.75) is 39.3 Å². The van der Waals surface area contributed by atoms with Crippen LogP contribution in [0.4, 0.5) is 0 Å². The van der Waals surface area contributed by atoms with E-state index in [0.29, 0.717) is 11.3 Å². The number of aliphatic hydroxyl groups excluding tert-OH is 1. The topological polar surface area (TPSA) is 70.9 Å². The quantitative estimate of drug-likeness (QED) is 0.821. The van der Waals surface area contributed by atoms with Gasteiger partial charge in [0.2, 0.25) is 0 Å². The van der Waals surface area contributed by atoms with E-state index in [-0.39, 0.29) is 6.02 Å². The van der Waals surface area contributed by atoms with Gasteiger partial charge >= 0.3 is 5.97 Å². The Morgan fingerprint density at radius 3 is 2.48 bits per heavy atom. The molecule has 1 unspecified atom stereocenters. The monoisotopic (exact) mass is 288 g/mol. The van der Waals surface area contributed by atoms with Crippen molar-refractivity contribution in [1.29, 1.82) is 0 Å². The first-order valence-electron chi connectivity index (χ1n) is 6.81. The number of rotatable bonds is 2. The molecule has 112 valence electrons. The van der Waals surface area contributed by atoms with Crippen molar-refractivity contribution in [3.05, 3.63) is 47.2 Å². The summed E-state index contributed by atoms with van der Waals surface area (Å²) in [4.78, 5) is 16.4. The van der Waals surface area contributed by atoms with E-state index in [4.69, 9.17) is 4.74 Å². The predicted octanol–water partition coefficient (Wildman–Crippen LogP) is 2.86. The normalized spacial score (nSPS) is 18.9. The molecule has 1 aromatic rings. The number of aliphatic hydroxyl groups is 1. The highest BCUT2D eigenvalue weighted by molar-refractivity contribution is 5.94. The fourth-order valence-electron chi connectivity index (χ4n) is 2.16. The minimum Gasteiger partial charge on any atom is -0.481 e. The Bertz CT molecular complexity index is 598. The largest absolute Gasteiger partial charge is 0.481 e. The second-order valence-corrected chi connectivity index (χ2v) is 5.92. The van der Waals surface area contributed by atoms with Crippen LogP contribution in [0.3, 0.4) is 0 Å². The molecule has 0 radical (unpaired) electrons. The van der Waals surface area contributed by atoms with Crippen molar-refractivity contribution in [1.82, 2.24) is 5.32 Å². The van der Waals surface area contributed by atoms with E-state index in [9.17, 15) is 9.90 Å². The molecular formula is C16H20N2O3. The van der Waals surface area contributed by atoms with Crippen LogP contribution < -0.4 is 5.32 Å². The summed E-state index contributed by atoms with van der Waals surface area (Å²) in [6.45, 7) is 7.13. The lowest BCUT2D eigenvalue weighted by atomic mass is 9.96. The average molecular weight is 288 g/mol. The fourth-order valence-corrected chi connectivity index (χ4v) is 2.16. The van der Waals surface area contributed by atoms with E-state index in [1.807, 2.05) is 51.1 Å². The summed E-state index contributed by atoms with van der Waals surface area (Å²) in [5.74, 6) is -0.433. The lowest BCUT2D eigenvalue weighted by molar-refractivity contribution is -0.150. The van der Waals surface area contributed by atoms with Gasteiger partial charge in [-0.1, -0.05) is 30.3 Å². The van der Waals surface area contributed by atoms with E-state index >= 15 is 0 Å². The van der Waals surface area contributed by atoms with Crippen LogP contribution in [0.25, 0.3) is 0 Å². The summed E-state index contributed by atoms with van der Waals surface area (Å²) in [5, 5.41) is 12.5. The molecule has 0 aromatic heterocycles. The van der Waals surface area contributed by atoms with Crippen molar-refractivity contribution in [2.24, 2.45) is 4.99 Å². The average Bonchev–Trinajstić information content (AvgIpc) is 2.36. The fraction of sp³-hybridized carbons (Fsp3) is 0.375. The van der Waals surface area contributed by atoms with Gasteiger partial charge in [-0.25, -0.2) is 9.79 Å². The zero-order valence-electron chi connectivity index (χ0n) is 12.7. The lowest BCUT2D eigenvalue weighted by Gasteiger charge is -2.28. The number of nitrogens with one attached hydrogen (secondary N) is 1. The molecule has 1 atom stereocenters. The zero-order valence-corrected chi connectivity index (χ0v) is 12.7. The molecule has 5 heteroatoms. The van der Waals surface area contributed by atoms with Crippen LogP contribution in [0.15, 0.2) is 46.6 Å². The molecular weight excluding hydrogens is 268 g/mol. The van der Waals surface area contributed by atoms with Crippen LogP contribution in [-0.4, -0.2) is 22.7 Å². The molecule has 2 rings (SSSR count). The first kappa shape index (κ1) is 15.1. The third kappa shape index (κ3) is 3.62. The molecule has 2 N–H and O–H groups in total. The van der Waals surface area contributed by atoms with Crippen LogP contribution in [-0.2, 0) is 9.53 Å². The molecule has 1 aliphatic heterocycles. The number of hydrogen-bond donors (Lipinski definition) is 2. The Balaban J connectivity index is 2.41. The number of allylic oxidation sites excluding steroid dienone is 1. The Kier molecular flexibility index (Phi) is 4.02. The number of hydrogen-bond acceptors (Lipinski definition) is 4. The Labute approximate surface area is 124 Å². The number of benzene rings is 1. The van der Waals surface area contributed by atoms with E-state index in [0.717, 1.165) is 5.56 Å². The molecule has 0 saturated heterocycles. The van der Waals surface area contributed by atoms with E-state index in [1.54, 1.807) is 6.92 Å². The van der Waals surface area contributed by atoms with Gasteiger partial charge in [-0.3, -0.25) is 0 Å². The van der Waals surface area contributed by atoms with Gasteiger partial charge in [-0.2, -0.15) is 0 Å². The molecule has 0 fully saturated rings. The van der Waals surface area contributed by atoms with Gasteiger partial charge in [0.25, 0.3) is 6.02 Å². The lowest BCUT2D eigenvalue weighted by Crippen LogP contribution is -2.37. The van der Waals surface area contributed by atoms with E-state index < -0.39 is 17.6 Å². The van der Waals surface area contributed by atoms with Crippen molar-refractivity contribution in [3.8, 4) is 0 Å². The maximum atomic E-state index is 12.4. The zero-order chi connectivity index (χ0) is 15.6. The number of aliphatic imine (C=N–C) groups is 1. The summed E-state index contributed by atoms with van der Waals surface area (Å²) in [6.07, 6.45) is 0. The summed E-state index contributed by atoms with van der Waals surface area (Å²) >= 11 is 0. The van der Waals surface area contributed by atoms with E-state index in [1.165, 1.54) is 0 Å². The van der Waals surface area contributed by atoms with Crippen molar-refractivity contribution in [2.75, 3.05) is 0 Å². The number of nitrogens with zero attached hydrogens (tertiary/aromatic N) is 1. The van der Waals surface area contributed by atoms with Crippen molar-refractivity contribution >= 4 is 12.0 Å². The molecule has 1 aliphatic rings. The highest BCUT2D eigenvalue weighted by Crippen LogP contribution is 2.29. The second kappa shape index (κ2) is 5.60. The minimum atomic E-state index is -0.588. The first-order chi connectivity index (χ1) is 9.78. The molecule has 1 aromatic carbocycles. The van der Waals surface area contributed by atoms with Crippen LogP contribution in [0.1, 0.15) is 39.3 Å². The van der Waals surface area contributed by atoms with Gasteiger partial charge in [-0.15, -0.1) is 0 Å².